The summed E-state index contributed by atoms with van der Waals surface area (Å²) >= 11 is 0. The van der Waals surface area contributed by atoms with Crippen molar-refractivity contribution in [1.29, 1.82) is 0 Å². The van der Waals surface area contributed by atoms with Gasteiger partial charge in [-0.15, -0.1) is 0 Å². The molecule has 0 bridgehead atoms. The van der Waals surface area contributed by atoms with Crippen molar-refractivity contribution in [1.82, 2.24) is 0 Å². The summed E-state index contributed by atoms with van der Waals surface area (Å²) in [5, 5.41) is 8.68. The van der Waals surface area contributed by atoms with Crippen LogP contribution >= 0.6 is 0 Å². The van der Waals surface area contributed by atoms with Gasteiger partial charge in [0.25, 0.3) is 0 Å². The standard InChI is InChI=1S/C11H20O4/c1-8(9(12)13)7-11(5,6)15-14-10(2,3)4/h1,7H2,2-6H3,(H,12,13). The van der Waals surface area contributed by atoms with Crippen molar-refractivity contribution in [3.05, 3.63) is 12.2 Å². The van der Waals surface area contributed by atoms with Crippen LogP contribution in [-0.2, 0) is 14.6 Å². The quantitative estimate of drug-likeness (QED) is 0.436. The first-order valence-electron chi connectivity index (χ1n) is 4.81. The van der Waals surface area contributed by atoms with Gasteiger partial charge in [0.2, 0.25) is 0 Å². The Morgan fingerprint density at radius 1 is 1.20 bits per heavy atom. The van der Waals surface area contributed by atoms with E-state index >= 15 is 0 Å². The smallest absolute Gasteiger partial charge is 0.331 e. The Labute approximate surface area is 90.8 Å². The minimum atomic E-state index is -1.01. The number of carboxylic acid groups (broad SMARTS) is 1. The molecule has 0 amide bonds. The number of carboxylic acids is 1. The maximum Gasteiger partial charge on any atom is 0.331 e. The molecule has 0 atom stereocenters. The lowest BCUT2D eigenvalue weighted by Gasteiger charge is -2.28. The second-order valence-corrected chi connectivity index (χ2v) is 5.12. The molecule has 0 aliphatic rings. The Hall–Kier alpha value is -0.870. The number of rotatable bonds is 5. The Morgan fingerprint density at radius 2 is 1.67 bits per heavy atom. The van der Waals surface area contributed by atoms with Crippen molar-refractivity contribution >= 4 is 5.97 Å². The summed E-state index contributed by atoms with van der Waals surface area (Å²) in [5.74, 6) is -1.01. The van der Waals surface area contributed by atoms with E-state index in [9.17, 15) is 4.79 Å². The fraction of sp³-hybridized carbons (Fsp3) is 0.727. The van der Waals surface area contributed by atoms with Crippen molar-refractivity contribution in [3.8, 4) is 0 Å². The van der Waals surface area contributed by atoms with Crippen LogP contribution < -0.4 is 0 Å². The van der Waals surface area contributed by atoms with Gasteiger partial charge in [0.15, 0.2) is 0 Å². The first kappa shape index (κ1) is 14.1. The molecule has 88 valence electrons. The van der Waals surface area contributed by atoms with E-state index in [1.165, 1.54) is 0 Å². The molecule has 0 aliphatic heterocycles. The van der Waals surface area contributed by atoms with Crippen LogP contribution in [0.25, 0.3) is 0 Å². The number of aliphatic carboxylic acids is 1. The average Bonchev–Trinajstić information content (AvgIpc) is 1.99. The third-order valence-electron chi connectivity index (χ3n) is 1.46. The van der Waals surface area contributed by atoms with Crippen LogP contribution in [0.5, 0.6) is 0 Å². The highest BCUT2D eigenvalue weighted by Gasteiger charge is 2.26. The number of hydrogen-bond donors (Lipinski definition) is 1. The molecule has 0 saturated carbocycles. The molecular weight excluding hydrogens is 196 g/mol. The van der Waals surface area contributed by atoms with E-state index < -0.39 is 17.2 Å². The highest BCUT2D eigenvalue weighted by molar-refractivity contribution is 5.85. The third-order valence-corrected chi connectivity index (χ3v) is 1.46. The van der Waals surface area contributed by atoms with Gasteiger partial charge in [0, 0.05) is 12.0 Å². The van der Waals surface area contributed by atoms with Gasteiger partial charge in [-0.25, -0.2) is 14.6 Å². The lowest BCUT2D eigenvalue weighted by molar-refractivity contribution is -0.396. The Balaban J connectivity index is 4.19. The highest BCUT2D eigenvalue weighted by atomic mass is 17.2. The fourth-order valence-electron chi connectivity index (χ4n) is 0.857. The van der Waals surface area contributed by atoms with E-state index in [1.54, 1.807) is 13.8 Å². The summed E-state index contributed by atoms with van der Waals surface area (Å²) in [5.41, 5.74) is -0.998. The number of hydrogen-bond acceptors (Lipinski definition) is 3. The molecule has 4 heteroatoms. The third kappa shape index (κ3) is 7.11. The minimum absolute atomic E-state index is 0.109. The molecule has 0 saturated heterocycles. The van der Waals surface area contributed by atoms with Crippen molar-refractivity contribution in [3.63, 3.8) is 0 Å². The molecular formula is C11H20O4. The van der Waals surface area contributed by atoms with Crippen LogP contribution in [0.1, 0.15) is 41.0 Å². The van der Waals surface area contributed by atoms with E-state index in [4.69, 9.17) is 14.9 Å². The first-order valence-corrected chi connectivity index (χ1v) is 4.81. The predicted octanol–water partition coefficient (Wildman–Crippen LogP) is 2.54. The predicted molar refractivity (Wildman–Crippen MR) is 57.4 cm³/mol. The maximum absolute atomic E-state index is 10.6. The highest BCUT2D eigenvalue weighted by Crippen LogP contribution is 2.22. The molecule has 0 aliphatic carbocycles. The maximum atomic E-state index is 10.6. The van der Waals surface area contributed by atoms with Crippen LogP contribution in [0.4, 0.5) is 0 Å². The molecule has 0 unspecified atom stereocenters. The molecule has 15 heavy (non-hydrogen) atoms. The van der Waals surface area contributed by atoms with Gasteiger partial charge in [0.05, 0.1) is 5.60 Å². The second-order valence-electron chi connectivity index (χ2n) is 5.12. The van der Waals surface area contributed by atoms with E-state index in [1.807, 2.05) is 20.8 Å². The molecule has 0 aromatic rings. The van der Waals surface area contributed by atoms with Crippen molar-refractivity contribution in [2.45, 2.75) is 52.2 Å². The van der Waals surface area contributed by atoms with Crippen molar-refractivity contribution in [2.24, 2.45) is 0 Å². The summed E-state index contributed by atoms with van der Waals surface area (Å²) in [6.07, 6.45) is 0.221. The van der Waals surface area contributed by atoms with E-state index in [0.29, 0.717) is 0 Å². The number of carbonyl (C=O) groups is 1. The van der Waals surface area contributed by atoms with Crippen molar-refractivity contribution < 1.29 is 19.7 Å². The zero-order valence-corrected chi connectivity index (χ0v) is 10.1. The van der Waals surface area contributed by atoms with E-state index in [0.717, 1.165) is 0 Å². The summed E-state index contributed by atoms with van der Waals surface area (Å²) in [6.45, 7) is 12.5. The van der Waals surface area contributed by atoms with Gasteiger partial charge in [-0.05, 0) is 34.6 Å². The average molecular weight is 216 g/mol. The van der Waals surface area contributed by atoms with Gasteiger partial charge in [-0.3, -0.25) is 0 Å². The normalized spacial score (nSPS) is 12.6. The molecule has 0 rings (SSSR count). The summed E-state index contributed by atoms with van der Waals surface area (Å²) in [7, 11) is 0. The topological polar surface area (TPSA) is 55.8 Å². The largest absolute Gasteiger partial charge is 0.478 e. The Kier molecular flexibility index (Phi) is 4.49. The molecule has 0 aromatic carbocycles. The summed E-state index contributed by atoms with van der Waals surface area (Å²) < 4.78 is 0. The first-order chi connectivity index (χ1) is 6.53. The summed E-state index contributed by atoms with van der Waals surface area (Å²) in [6, 6.07) is 0. The lowest BCUT2D eigenvalue weighted by Crippen LogP contribution is -2.31. The van der Waals surface area contributed by atoms with Gasteiger partial charge in [-0.2, -0.15) is 0 Å². The lowest BCUT2D eigenvalue weighted by atomic mass is 10.00. The van der Waals surface area contributed by atoms with Crippen LogP contribution in [0.3, 0.4) is 0 Å². The van der Waals surface area contributed by atoms with Crippen LogP contribution in [0.2, 0.25) is 0 Å². The Bertz CT molecular complexity index is 248. The van der Waals surface area contributed by atoms with E-state index in [2.05, 4.69) is 6.58 Å². The molecule has 0 aromatic heterocycles. The van der Waals surface area contributed by atoms with Crippen LogP contribution in [-0.4, -0.2) is 22.3 Å². The van der Waals surface area contributed by atoms with Gasteiger partial charge < -0.3 is 5.11 Å². The molecule has 0 radical (unpaired) electrons. The minimum Gasteiger partial charge on any atom is -0.478 e. The monoisotopic (exact) mass is 216 g/mol. The second kappa shape index (κ2) is 4.77. The zero-order chi connectivity index (χ0) is 12.3. The van der Waals surface area contributed by atoms with Gasteiger partial charge in [-0.1, -0.05) is 6.58 Å². The zero-order valence-electron chi connectivity index (χ0n) is 10.1. The van der Waals surface area contributed by atoms with Gasteiger partial charge >= 0.3 is 5.97 Å². The molecule has 1 N–H and O–H groups in total. The van der Waals surface area contributed by atoms with E-state index in [-0.39, 0.29) is 12.0 Å². The molecule has 4 nitrogen and oxygen atoms in total. The SMILES string of the molecule is C=C(CC(C)(C)OOC(C)(C)C)C(=O)O. The fourth-order valence-corrected chi connectivity index (χ4v) is 0.857. The molecule has 0 spiro atoms. The van der Waals surface area contributed by atoms with Crippen molar-refractivity contribution in [2.75, 3.05) is 0 Å². The van der Waals surface area contributed by atoms with Gasteiger partial charge in [0.1, 0.15) is 5.60 Å². The van der Waals surface area contributed by atoms with Crippen LogP contribution in [0, 0.1) is 0 Å². The molecule has 0 heterocycles. The Morgan fingerprint density at radius 3 is 2.00 bits per heavy atom. The van der Waals surface area contributed by atoms with Crippen LogP contribution in [0.15, 0.2) is 12.2 Å². The summed E-state index contributed by atoms with van der Waals surface area (Å²) in [4.78, 5) is 20.9. The molecule has 0 fully saturated rings.